The molecule has 1 aliphatic carbocycles. The molecule has 1 amide bonds. The summed E-state index contributed by atoms with van der Waals surface area (Å²) >= 11 is 1.03. The van der Waals surface area contributed by atoms with Crippen molar-refractivity contribution in [1.82, 2.24) is 15.5 Å². The number of ketones is 1. The van der Waals surface area contributed by atoms with Crippen LogP contribution < -0.4 is 16.4 Å². The van der Waals surface area contributed by atoms with E-state index in [0.717, 1.165) is 30.6 Å². The van der Waals surface area contributed by atoms with Gasteiger partial charge in [-0.3, -0.25) is 9.59 Å². The number of rotatable bonds is 6. The number of nitrogen functional groups attached to an aromatic ring is 1. The first-order chi connectivity index (χ1) is 14.7. The molecule has 4 rings (SSSR count). The van der Waals surface area contributed by atoms with Crippen molar-refractivity contribution in [3.05, 3.63) is 52.5 Å². The molecule has 1 aliphatic rings. The highest BCUT2D eigenvalue weighted by Crippen LogP contribution is 2.37. The van der Waals surface area contributed by atoms with Crippen LogP contribution in [0.25, 0.3) is 0 Å². The van der Waals surface area contributed by atoms with Gasteiger partial charge in [-0.2, -0.15) is 0 Å². The molecule has 3 aromatic rings. The zero-order valence-electron chi connectivity index (χ0n) is 17.1. The van der Waals surface area contributed by atoms with Gasteiger partial charge >= 0.3 is 0 Å². The Labute approximate surface area is 182 Å². The number of hydrogen-bond donors (Lipinski definition) is 3. The molecule has 1 atom stereocenters. The summed E-state index contributed by atoms with van der Waals surface area (Å²) in [5.41, 5.74) is 6.56. The first kappa shape index (κ1) is 21.0. The molecule has 2 aromatic heterocycles. The number of carbonyl (C=O) groups excluding carboxylic acids is 2. The minimum atomic E-state index is -0.519. The van der Waals surface area contributed by atoms with Crippen LogP contribution in [0, 0.1) is 11.2 Å². The van der Waals surface area contributed by atoms with Crippen molar-refractivity contribution in [2.75, 3.05) is 11.1 Å². The summed E-state index contributed by atoms with van der Waals surface area (Å²) in [4.78, 5) is 29.6. The van der Waals surface area contributed by atoms with Crippen molar-refractivity contribution < 1.29 is 18.5 Å². The number of halogens is 1. The molecule has 0 spiro atoms. The van der Waals surface area contributed by atoms with Crippen LogP contribution in [0.15, 0.2) is 34.9 Å². The van der Waals surface area contributed by atoms with Crippen LogP contribution in [0.4, 0.5) is 21.0 Å². The SMILES string of the molecule is CC1(C)CCCC1NC(=O)c1cc(C(=O)c2sc(Nc3ccc(F)cc3)nc2N)on1. The number of nitrogens with one attached hydrogen (secondary N) is 2. The normalized spacial score (nSPS) is 17.5. The van der Waals surface area contributed by atoms with Crippen molar-refractivity contribution in [2.45, 2.75) is 39.2 Å². The zero-order chi connectivity index (χ0) is 22.2. The second-order valence-electron chi connectivity index (χ2n) is 8.18. The van der Waals surface area contributed by atoms with E-state index in [0.29, 0.717) is 10.8 Å². The lowest BCUT2D eigenvalue weighted by Gasteiger charge is -2.27. The summed E-state index contributed by atoms with van der Waals surface area (Å²) < 4.78 is 18.2. The van der Waals surface area contributed by atoms with Gasteiger partial charge in [0.2, 0.25) is 11.5 Å². The zero-order valence-corrected chi connectivity index (χ0v) is 17.9. The van der Waals surface area contributed by atoms with Crippen molar-refractivity contribution in [1.29, 1.82) is 0 Å². The summed E-state index contributed by atoms with van der Waals surface area (Å²) in [5, 5.41) is 10.1. The molecule has 10 heteroatoms. The number of benzene rings is 1. The minimum Gasteiger partial charge on any atom is -0.382 e. The quantitative estimate of drug-likeness (QED) is 0.489. The summed E-state index contributed by atoms with van der Waals surface area (Å²) in [6, 6.07) is 7.06. The highest BCUT2D eigenvalue weighted by atomic mass is 32.1. The fourth-order valence-corrected chi connectivity index (χ4v) is 4.48. The number of nitrogens with zero attached hydrogens (tertiary/aromatic N) is 2. The predicted octanol–water partition coefficient (Wildman–Crippen LogP) is 4.14. The van der Waals surface area contributed by atoms with Gasteiger partial charge in [0.15, 0.2) is 10.8 Å². The fraction of sp³-hybridized carbons (Fsp3) is 0.333. The van der Waals surface area contributed by atoms with Crippen LogP contribution >= 0.6 is 11.3 Å². The van der Waals surface area contributed by atoms with Gasteiger partial charge in [0.25, 0.3) is 5.91 Å². The van der Waals surface area contributed by atoms with Crippen molar-refractivity contribution in [3.8, 4) is 0 Å². The van der Waals surface area contributed by atoms with Gasteiger partial charge in [-0.05, 0) is 42.5 Å². The molecule has 4 N–H and O–H groups in total. The summed E-state index contributed by atoms with van der Waals surface area (Å²) in [7, 11) is 0. The van der Waals surface area contributed by atoms with E-state index in [2.05, 4.69) is 34.6 Å². The highest BCUT2D eigenvalue weighted by Gasteiger charge is 2.36. The van der Waals surface area contributed by atoms with E-state index in [-0.39, 0.29) is 45.3 Å². The molecule has 8 nitrogen and oxygen atoms in total. The second kappa shape index (κ2) is 8.10. The van der Waals surface area contributed by atoms with Crippen LogP contribution in [-0.4, -0.2) is 27.9 Å². The average molecular weight is 444 g/mol. The van der Waals surface area contributed by atoms with Crippen LogP contribution in [0.5, 0.6) is 0 Å². The molecule has 0 radical (unpaired) electrons. The molecule has 0 aliphatic heterocycles. The third kappa shape index (κ3) is 4.43. The number of thiazole rings is 1. The third-order valence-corrected chi connectivity index (χ3v) is 6.47. The van der Waals surface area contributed by atoms with Gasteiger partial charge < -0.3 is 20.9 Å². The Bertz CT molecular complexity index is 1120. The number of hydrogen-bond acceptors (Lipinski definition) is 8. The van der Waals surface area contributed by atoms with Crippen molar-refractivity contribution in [3.63, 3.8) is 0 Å². The lowest BCUT2D eigenvalue weighted by molar-refractivity contribution is 0.0898. The van der Waals surface area contributed by atoms with Crippen LogP contribution in [0.1, 0.15) is 59.0 Å². The summed E-state index contributed by atoms with van der Waals surface area (Å²) in [6.07, 6.45) is 3.00. The van der Waals surface area contributed by atoms with E-state index in [1.165, 1.54) is 18.2 Å². The Morgan fingerprint density at radius 1 is 1.29 bits per heavy atom. The first-order valence-corrected chi connectivity index (χ1v) is 10.7. The molecular formula is C21H22FN5O3S. The average Bonchev–Trinajstić information content (AvgIpc) is 3.43. The molecule has 0 saturated heterocycles. The van der Waals surface area contributed by atoms with Crippen LogP contribution in [0.2, 0.25) is 0 Å². The number of aromatic nitrogens is 2. The third-order valence-electron chi connectivity index (χ3n) is 5.48. The highest BCUT2D eigenvalue weighted by molar-refractivity contribution is 7.18. The van der Waals surface area contributed by atoms with Crippen molar-refractivity contribution >= 4 is 39.7 Å². The Kier molecular flexibility index (Phi) is 5.48. The molecule has 1 saturated carbocycles. The predicted molar refractivity (Wildman–Crippen MR) is 115 cm³/mol. The Morgan fingerprint density at radius 2 is 2.03 bits per heavy atom. The molecule has 162 valence electrons. The van der Waals surface area contributed by atoms with E-state index in [1.807, 2.05) is 0 Å². The van der Waals surface area contributed by atoms with Gasteiger partial charge in [-0.1, -0.05) is 36.8 Å². The van der Waals surface area contributed by atoms with E-state index >= 15 is 0 Å². The maximum atomic E-state index is 13.0. The smallest absolute Gasteiger partial charge is 0.273 e. The van der Waals surface area contributed by atoms with Gasteiger partial charge in [0.05, 0.1) is 0 Å². The maximum Gasteiger partial charge on any atom is 0.273 e. The van der Waals surface area contributed by atoms with Crippen LogP contribution in [0.3, 0.4) is 0 Å². The van der Waals surface area contributed by atoms with Gasteiger partial charge in [-0.25, -0.2) is 9.37 Å². The minimum absolute atomic E-state index is 0.0169. The van der Waals surface area contributed by atoms with Gasteiger partial charge in [-0.15, -0.1) is 0 Å². The molecule has 1 unspecified atom stereocenters. The van der Waals surface area contributed by atoms with E-state index < -0.39 is 5.78 Å². The monoisotopic (exact) mass is 443 g/mol. The van der Waals surface area contributed by atoms with Gasteiger partial charge in [0.1, 0.15) is 16.5 Å². The molecule has 1 aromatic carbocycles. The van der Waals surface area contributed by atoms with Gasteiger partial charge in [0, 0.05) is 17.8 Å². The maximum absolute atomic E-state index is 13.0. The number of nitrogens with two attached hydrogens (primary N) is 1. The van der Waals surface area contributed by atoms with Crippen molar-refractivity contribution in [2.24, 2.45) is 5.41 Å². The lowest BCUT2D eigenvalue weighted by atomic mass is 9.87. The topological polar surface area (TPSA) is 123 Å². The molecule has 31 heavy (non-hydrogen) atoms. The molecule has 1 fully saturated rings. The molecule has 0 bridgehead atoms. The Balaban J connectivity index is 1.46. The van der Waals surface area contributed by atoms with E-state index in [9.17, 15) is 14.0 Å². The number of carbonyl (C=O) groups is 2. The summed E-state index contributed by atoms with van der Waals surface area (Å²) in [6.45, 7) is 4.24. The first-order valence-electron chi connectivity index (χ1n) is 9.84. The second-order valence-corrected chi connectivity index (χ2v) is 9.18. The number of anilines is 3. The molecular weight excluding hydrogens is 421 g/mol. The van der Waals surface area contributed by atoms with E-state index in [1.54, 1.807) is 12.1 Å². The lowest BCUT2D eigenvalue weighted by Crippen LogP contribution is -2.41. The Hall–Kier alpha value is -3.27. The van der Waals surface area contributed by atoms with Crippen LogP contribution in [-0.2, 0) is 0 Å². The number of amides is 1. The Morgan fingerprint density at radius 3 is 2.71 bits per heavy atom. The fourth-order valence-electron chi connectivity index (χ4n) is 3.63. The van der Waals surface area contributed by atoms with E-state index in [4.69, 9.17) is 10.3 Å². The standard InChI is InChI=1S/C21H22FN5O3S/c1-21(2)9-3-4-15(21)25-19(29)13-10-14(30-27-13)16(28)17-18(23)26-20(31-17)24-12-7-5-11(22)6-8-12/h5-8,10,15H,3-4,9,23H2,1-2H3,(H,24,26)(H,25,29). The largest absolute Gasteiger partial charge is 0.382 e. The summed E-state index contributed by atoms with van der Waals surface area (Å²) in [5.74, 6) is -1.33. The molecule has 2 heterocycles.